The van der Waals surface area contributed by atoms with Crippen molar-refractivity contribution in [2.24, 2.45) is 0 Å². The Balaban J connectivity index is 1.63. The molecule has 1 aliphatic rings. The van der Waals surface area contributed by atoms with E-state index in [1.54, 1.807) is 0 Å². The Morgan fingerprint density at radius 2 is 1.84 bits per heavy atom. The van der Waals surface area contributed by atoms with Crippen LogP contribution in [-0.2, 0) is 6.42 Å². The van der Waals surface area contributed by atoms with Gasteiger partial charge in [0.15, 0.2) is 0 Å². The Morgan fingerprint density at radius 1 is 1.16 bits per heavy atom. The molecule has 0 amide bonds. The average Bonchev–Trinajstić information content (AvgIpc) is 2.43. The molecule has 1 unspecified atom stereocenters. The summed E-state index contributed by atoms with van der Waals surface area (Å²) < 4.78 is 0. The van der Waals surface area contributed by atoms with Crippen molar-refractivity contribution >= 4 is 11.6 Å². The van der Waals surface area contributed by atoms with E-state index in [4.69, 9.17) is 11.6 Å². The first kappa shape index (κ1) is 14.8. The van der Waals surface area contributed by atoms with Crippen molar-refractivity contribution in [2.45, 2.75) is 38.6 Å². The number of rotatable bonds is 6. The smallest absolute Gasteiger partial charge is 0.0406 e. The highest BCUT2D eigenvalue weighted by atomic mass is 35.5. The highest BCUT2D eigenvalue weighted by Gasteiger charge is 2.10. The quantitative estimate of drug-likeness (QED) is 0.860. The SMILES string of the molecule is CC(Cc1ccc(Cl)cc1)NCCN1CCCCC1. The Kier molecular flexibility index (Phi) is 6.15. The second-order valence-corrected chi connectivity index (χ2v) is 6.02. The van der Waals surface area contributed by atoms with Crippen LogP contribution in [0.25, 0.3) is 0 Å². The van der Waals surface area contributed by atoms with Crippen LogP contribution in [-0.4, -0.2) is 37.1 Å². The van der Waals surface area contributed by atoms with E-state index in [9.17, 15) is 0 Å². The van der Waals surface area contributed by atoms with E-state index in [0.29, 0.717) is 6.04 Å². The Bertz CT molecular complexity index is 358. The second kappa shape index (κ2) is 7.88. The first-order valence-electron chi connectivity index (χ1n) is 7.44. The molecule has 1 aliphatic heterocycles. The molecule has 0 aliphatic carbocycles. The van der Waals surface area contributed by atoms with Gasteiger partial charge in [0.2, 0.25) is 0 Å². The summed E-state index contributed by atoms with van der Waals surface area (Å²) >= 11 is 5.90. The van der Waals surface area contributed by atoms with Crippen LogP contribution >= 0.6 is 11.6 Å². The fourth-order valence-electron chi connectivity index (χ4n) is 2.70. The number of likely N-dealkylation sites (tertiary alicyclic amines) is 1. The van der Waals surface area contributed by atoms with Crippen LogP contribution in [0.4, 0.5) is 0 Å². The van der Waals surface area contributed by atoms with Gasteiger partial charge in [-0.2, -0.15) is 0 Å². The molecule has 2 nitrogen and oxygen atoms in total. The lowest BCUT2D eigenvalue weighted by Crippen LogP contribution is -2.39. The summed E-state index contributed by atoms with van der Waals surface area (Å²) in [7, 11) is 0. The normalized spacial score (nSPS) is 18.4. The molecular weight excluding hydrogens is 256 g/mol. The van der Waals surface area contributed by atoms with Gasteiger partial charge in [-0.05, 0) is 57.0 Å². The van der Waals surface area contributed by atoms with Gasteiger partial charge in [0.25, 0.3) is 0 Å². The van der Waals surface area contributed by atoms with Crippen molar-refractivity contribution in [3.8, 4) is 0 Å². The molecule has 1 saturated heterocycles. The van der Waals surface area contributed by atoms with Crippen LogP contribution in [0.15, 0.2) is 24.3 Å². The van der Waals surface area contributed by atoms with Crippen LogP contribution in [0.3, 0.4) is 0 Å². The van der Waals surface area contributed by atoms with Gasteiger partial charge >= 0.3 is 0 Å². The Labute approximate surface area is 122 Å². The predicted molar refractivity (Wildman–Crippen MR) is 82.9 cm³/mol. The summed E-state index contributed by atoms with van der Waals surface area (Å²) in [5.74, 6) is 0. The molecule has 0 radical (unpaired) electrons. The van der Waals surface area contributed by atoms with E-state index in [-0.39, 0.29) is 0 Å². The number of halogens is 1. The van der Waals surface area contributed by atoms with Crippen molar-refractivity contribution in [1.29, 1.82) is 0 Å². The highest BCUT2D eigenvalue weighted by Crippen LogP contribution is 2.11. The topological polar surface area (TPSA) is 15.3 Å². The van der Waals surface area contributed by atoms with Crippen LogP contribution in [0.1, 0.15) is 31.7 Å². The predicted octanol–water partition coefficient (Wildman–Crippen LogP) is 3.35. The van der Waals surface area contributed by atoms with Gasteiger partial charge in [0, 0.05) is 24.2 Å². The zero-order chi connectivity index (χ0) is 13.5. The molecule has 2 rings (SSSR count). The van der Waals surface area contributed by atoms with E-state index in [2.05, 4.69) is 29.3 Å². The minimum absolute atomic E-state index is 0.519. The molecule has 0 spiro atoms. The third-order valence-electron chi connectivity index (χ3n) is 3.82. The van der Waals surface area contributed by atoms with Gasteiger partial charge in [-0.15, -0.1) is 0 Å². The van der Waals surface area contributed by atoms with E-state index >= 15 is 0 Å². The van der Waals surface area contributed by atoms with Crippen molar-refractivity contribution in [3.63, 3.8) is 0 Å². The lowest BCUT2D eigenvalue weighted by molar-refractivity contribution is 0.226. The Hall–Kier alpha value is -0.570. The van der Waals surface area contributed by atoms with Gasteiger partial charge in [-0.25, -0.2) is 0 Å². The van der Waals surface area contributed by atoms with Gasteiger partial charge in [0.1, 0.15) is 0 Å². The summed E-state index contributed by atoms with van der Waals surface area (Å²) in [5, 5.41) is 4.43. The first-order chi connectivity index (χ1) is 9.24. The molecule has 19 heavy (non-hydrogen) atoms. The average molecular weight is 281 g/mol. The molecular formula is C16H25ClN2. The zero-order valence-corrected chi connectivity index (χ0v) is 12.6. The standard InChI is InChI=1S/C16H25ClN2/c1-14(13-15-5-7-16(17)8-6-15)18-9-12-19-10-3-2-4-11-19/h5-8,14,18H,2-4,9-13H2,1H3. The zero-order valence-electron chi connectivity index (χ0n) is 11.9. The van der Waals surface area contributed by atoms with Gasteiger partial charge in [-0.3, -0.25) is 0 Å². The molecule has 1 fully saturated rings. The molecule has 1 aromatic rings. The number of benzene rings is 1. The van der Waals surface area contributed by atoms with Crippen molar-refractivity contribution in [1.82, 2.24) is 10.2 Å². The van der Waals surface area contributed by atoms with E-state index in [0.717, 1.165) is 18.0 Å². The number of hydrogen-bond acceptors (Lipinski definition) is 2. The van der Waals surface area contributed by atoms with Crippen LogP contribution < -0.4 is 5.32 Å². The first-order valence-corrected chi connectivity index (χ1v) is 7.82. The fraction of sp³-hybridized carbons (Fsp3) is 0.625. The number of nitrogens with zero attached hydrogens (tertiary/aromatic N) is 1. The highest BCUT2D eigenvalue weighted by molar-refractivity contribution is 6.30. The van der Waals surface area contributed by atoms with Crippen molar-refractivity contribution < 1.29 is 0 Å². The third-order valence-corrected chi connectivity index (χ3v) is 4.08. The van der Waals surface area contributed by atoms with E-state index < -0.39 is 0 Å². The minimum Gasteiger partial charge on any atom is -0.313 e. The van der Waals surface area contributed by atoms with Gasteiger partial charge in [0.05, 0.1) is 0 Å². The molecule has 3 heteroatoms. The largest absolute Gasteiger partial charge is 0.313 e. The summed E-state index contributed by atoms with van der Waals surface area (Å²) in [6.07, 6.45) is 5.23. The summed E-state index contributed by atoms with van der Waals surface area (Å²) in [6.45, 7) is 7.10. The lowest BCUT2D eigenvalue weighted by Gasteiger charge is -2.27. The molecule has 0 aromatic heterocycles. The molecule has 1 aromatic carbocycles. The van der Waals surface area contributed by atoms with Crippen LogP contribution in [0, 0.1) is 0 Å². The van der Waals surface area contributed by atoms with Crippen LogP contribution in [0.5, 0.6) is 0 Å². The fourth-order valence-corrected chi connectivity index (χ4v) is 2.82. The third kappa shape index (κ3) is 5.52. The van der Waals surface area contributed by atoms with E-state index in [1.807, 2.05) is 12.1 Å². The summed E-state index contributed by atoms with van der Waals surface area (Å²) in [5.41, 5.74) is 1.35. The van der Waals surface area contributed by atoms with Gasteiger partial charge < -0.3 is 10.2 Å². The van der Waals surface area contributed by atoms with Crippen molar-refractivity contribution in [3.05, 3.63) is 34.9 Å². The molecule has 0 saturated carbocycles. The van der Waals surface area contributed by atoms with E-state index in [1.165, 1.54) is 44.5 Å². The summed E-state index contributed by atoms with van der Waals surface area (Å²) in [4.78, 5) is 2.57. The molecule has 1 atom stereocenters. The molecule has 1 heterocycles. The maximum atomic E-state index is 5.90. The molecule has 106 valence electrons. The van der Waals surface area contributed by atoms with Crippen LogP contribution in [0.2, 0.25) is 5.02 Å². The van der Waals surface area contributed by atoms with Crippen molar-refractivity contribution in [2.75, 3.05) is 26.2 Å². The lowest BCUT2D eigenvalue weighted by atomic mass is 10.1. The second-order valence-electron chi connectivity index (χ2n) is 5.59. The maximum Gasteiger partial charge on any atom is 0.0406 e. The monoisotopic (exact) mass is 280 g/mol. The number of piperidine rings is 1. The number of hydrogen-bond donors (Lipinski definition) is 1. The maximum absolute atomic E-state index is 5.90. The minimum atomic E-state index is 0.519. The Morgan fingerprint density at radius 3 is 2.53 bits per heavy atom. The molecule has 1 N–H and O–H groups in total. The molecule has 0 bridgehead atoms. The number of nitrogens with one attached hydrogen (secondary N) is 1. The summed E-state index contributed by atoms with van der Waals surface area (Å²) in [6, 6.07) is 8.69. The van der Waals surface area contributed by atoms with Gasteiger partial charge in [-0.1, -0.05) is 30.2 Å².